The van der Waals surface area contributed by atoms with Gasteiger partial charge in [-0.1, -0.05) is 34.1 Å². The summed E-state index contributed by atoms with van der Waals surface area (Å²) in [6.07, 6.45) is 0. The van der Waals surface area contributed by atoms with Crippen LogP contribution < -0.4 is 10.6 Å². The number of hydrogen-bond acceptors (Lipinski definition) is 2. The molecular formula is C14H13BrN2O. The minimum atomic E-state index is 0.100. The molecule has 3 nitrogen and oxygen atoms in total. The molecule has 92 valence electrons. The molecule has 0 unspecified atom stereocenters. The summed E-state index contributed by atoms with van der Waals surface area (Å²) < 4.78 is 1.07. The first kappa shape index (κ1) is 11.7. The van der Waals surface area contributed by atoms with Crippen LogP contribution in [0, 0.1) is 5.92 Å². The van der Waals surface area contributed by atoms with Gasteiger partial charge in [-0.15, -0.1) is 0 Å². The van der Waals surface area contributed by atoms with E-state index >= 15 is 0 Å². The van der Waals surface area contributed by atoms with E-state index in [4.69, 9.17) is 0 Å². The smallest absolute Gasteiger partial charge is 0.230 e. The lowest BCUT2D eigenvalue weighted by Gasteiger charge is -2.25. The van der Waals surface area contributed by atoms with E-state index in [9.17, 15) is 4.79 Å². The molecule has 0 aromatic heterocycles. The Labute approximate surface area is 114 Å². The highest BCUT2D eigenvalue weighted by Crippen LogP contribution is 2.26. The van der Waals surface area contributed by atoms with Crippen LogP contribution in [0.15, 0.2) is 40.9 Å². The van der Waals surface area contributed by atoms with Gasteiger partial charge in [-0.3, -0.25) is 4.79 Å². The van der Waals surface area contributed by atoms with E-state index in [-0.39, 0.29) is 11.8 Å². The topological polar surface area (TPSA) is 41.1 Å². The number of amides is 1. The van der Waals surface area contributed by atoms with Crippen LogP contribution in [-0.2, 0) is 4.79 Å². The molecule has 0 radical (unpaired) electrons. The molecule has 1 aliphatic rings. The van der Waals surface area contributed by atoms with Gasteiger partial charge in [0.25, 0.3) is 0 Å². The predicted octanol–water partition coefficient (Wildman–Crippen LogP) is 2.76. The van der Waals surface area contributed by atoms with E-state index in [1.807, 2.05) is 36.4 Å². The van der Waals surface area contributed by atoms with Crippen LogP contribution in [0.2, 0.25) is 0 Å². The summed E-state index contributed by atoms with van der Waals surface area (Å²) in [7, 11) is 0. The summed E-state index contributed by atoms with van der Waals surface area (Å²) in [5.74, 6) is 0.214. The number of hydrogen-bond donors (Lipinski definition) is 2. The fraction of sp³-hybridized carbons (Fsp3) is 0.214. The molecule has 4 heteroatoms. The lowest BCUT2D eigenvalue weighted by atomic mass is 10.0. The lowest BCUT2D eigenvalue weighted by molar-refractivity contribution is -0.121. The molecule has 0 bridgehead atoms. The minimum Gasteiger partial charge on any atom is -0.326 e. The van der Waals surface area contributed by atoms with Gasteiger partial charge in [-0.2, -0.15) is 0 Å². The summed E-state index contributed by atoms with van der Waals surface area (Å²) in [5.41, 5.74) is 0.859. The van der Waals surface area contributed by atoms with Gasteiger partial charge in [0.15, 0.2) is 0 Å². The molecule has 1 saturated heterocycles. The van der Waals surface area contributed by atoms with E-state index in [0.29, 0.717) is 0 Å². The molecule has 1 amide bonds. The molecule has 2 aromatic rings. The van der Waals surface area contributed by atoms with Gasteiger partial charge in [0.2, 0.25) is 5.91 Å². The van der Waals surface area contributed by atoms with Crippen molar-refractivity contribution in [1.29, 1.82) is 0 Å². The number of halogens is 1. The van der Waals surface area contributed by atoms with Crippen molar-refractivity contribution in [2.75, 3.05) is 18.4 Å². The summed E-state index contributed by atoms with van der Waals surface area (Å²) in [6.45, 7) is 1.57. The molecule has 0 atom stereocenters. The Balaban J connectivity index is 1.86. The van der Waals surface area contributed by atoms with Gasteiger partial charge in [0, 0.05) is 23.2 Å². The molecule has 0 aliphatic carbocycles. The van der Waals surface area contributed by atoms with Gasteiger partial charge in [0.1, 0.15) is 0 Å². The van der Waals surface area contributed by atoms with Crippen molar-refractivity contribution in [2.45, 2.75) is 0 Å². The normalized spacial score (nSPS) is 15.4. The molecule has 0 spiro atoms. The van der Waals surface area contributed by atoms with Crippen LogP contribution >= 0.6 is 15.9 Å². The fourth-order valence-electron chi connectivity index (χ4n) is 2.04. The largest absolute Gasteiger partial charge is 0.326 e. The number of nitrogens with one attached hydrogen (secondary N) is 2. The third kappa shape index (κ3) is 2.13. The van der Waals surface area contributed by atoms with Crippen molar-refractivity contribution < 1.29 is 4.79 Å². The third-order valence-electron chi connectivity index (χ3n) is 3.25. The quantitative estimate of drug-likeness (QED) is 0.896. The highest BCUT2D eigenvalue weighted by Gasteiger charge is 2.24. The zero-order valence-electron chi connectivity index (χ0n) is 9.74. The molecule has 1 heterocycles. The second-order valence-corrected chi connectivity index (χ2v) is 5.37. The Morgan fingerprint density at radius 3 is 2.83 bits per heavy atom. The van der Waals surface area contributed by atoms with Crippen LogP contribution in [0.1, 0.15) is 0 Å². The molecule has 0 saturated carbocycles. The van der Waals surface area contributed by atoms with Gasteiger partial charge in [0.05, 0.1) is 5.92 Å². The van der Waals surface area contributed by atoms with Crippen LogP contribution in [0.4, 0.5) is 5.69 Å². The summed E-state index contributed by atoms with van der Waals surface area (Å²) in [4.78, 5) is 11.8. The number of benzene rings is 2. The lowest BCUT2D eigenvalue weighted by Crippen LogP contribution is -2.48. The number of rotatable bonds is 2. The number of fused-ring (bicyclic) bond motifs is 1. The van der Waals surface area contributed by atoms with Crippen molar-refractivity contribution in [3.63, 3.8) is 0 Å². The minimum absolute atomic E-state index is 0.100. The van der Waals surface area contributed by atoms with Gasteiger partial charge >= 0.3 is 0 Å². The summed E-state index contributed by atoms with van der Waals surface area (Å²) >= 11 is 3.52. The van der Waals surface area contributed by atoms with E-state index in [1.54, 1.807) is 0 Å². The van der Waals surface area contributed by atoms with Gasteiger partial charge in [-0.25, -0.2) is 0 Å². The van der Waals surface area contributed by atoms with Crippen molar-refractivity contribution in [3.8, 4) is 0 Å². The average Bonchev–Trinajstić information content (AvgIpc) is 2.26. The maximum absolute atomic E-state index is 11.8. The molecule has 18 heavy (non-hydrogen) atoms. The van der Waals surface area contributed by atoms with Gasteiger partial charge in [-0.05, 0) is 29.0 Å². The van der Waals surface area contributed by atoms with E-state index in [0.717, 1.165) is 34.0 Å². The van der Waals surface area contributed by atoms with Crippen LogP contribution in [0.5, 0.6) is 0 Å². The monoisotopic (exact) mass is 304 g/mol. The van der Waals surface area contributed by atoms with Crippen LogP contribution in [0.25, 0.3) is 10.8 Å². The first-order valence-electron chi connectivity index (χ1n) is 5.94. The molecule has 2 aromatic carbocycles. The predicted molar refractivity (Wildman–Crippen MR) is 76.6 cm³/mol. The van der Waals surface area contributed by atoms with E-state index < -0.39 is 0 Å². The molecular weight excluding hydrogens is 292 g/mol. The number of carbonyl (C=O) groups excluding carboxylic acids is 1. The molecule has 2 N–H and O–H groups in total. The second-order valence-electron chi connectivity index (χ2n) is 4.52. The van der Waals surface area contributed by atoms with E-state index in [1.165, 1.54) is 0 Å². The Morgan fingerprint density at radius 2 is 2.11 bits per heavy atom. The first-order chi connectivity index (χ1) is 8.74. The van der Waals surface area contributed by atoms with Crippen molar-refractivity contribution >= 4 is 38.3 Å². The Hall–Kier alpha value is -1.39. The third-order valence-corrected chi connectivity index (χ3v) is 3.94. The fourth-order valence-corrected chi connectivity index (χ4v) is 2.55. The maximum Gasteiger partial charge on any atom is 0.230 e. The van der Waals surface area contributed by atoms with Crippen LogP contribution in [0.3, 0.4) is 0 Å². The number of carbonyl (C=O) groups is 1. The van der Waals surface area contributed by atoms with Crippen LogP contribution in [-0.4, -0.2) is 19.0 Å². The zero-order chi connectivity index (χ0) is 12.5. The Kier molecular flexibility index (Phi) is 3.06. The SMILES string of the molecule is O=C(Nc1ccc2c(Br)cccc2c1)C1CNC1. The highest BCUT2D eigenvalue weighted by molar-refractivity contribution is 9.10. The summed E-state index contributed by atoms with van der Waals surface area (Å²) in [5, 5.41) is 8.33. The standard InChI is InChI=1S/C14H13BrN2O/c15-13-3-1-2-9-6-11(4-5-12(9)13)17-14(18)10-7-16-8-10/h1-6,10,16H,7-8H2,(H,17,18). The average molecular weight is 305 g/mol. The van der Waals surface area contributed by atoms with E-state index in [2.05, 4.69) is 26.6 Å². The Bertz CT molecular complexity index is 608. The first-order valence-corrected chi connectivity index (χ1v) is 6.73. The molecule has 3 rings (SSSR count). The van der Waals surface area contributed by atoms with Gasteiger partial charge < -0.3 is 10.6 Å². The second kappa shape index (κ2) is 4.71. The highest BCUT2D eigenvalue weighted by atomic mass is 79.9. The maximum atomic E-state index is 11.8. The van der Waals surface area contributed by atoms with Crippen molar-refractivity contribution in [3.05, 3.63) is 40.9 Å². The van der Waals surface area contributed by atoms with Crippen molar-refractivity contribution in [1.82, 2.24) is 5.32 Å². The molecule has 1 aliphatic heterocycles. The Morgan fingerprint density at radius 1 is 1.28 bits per heavy atom. The molecule has 1 fully saturated rings. The number of anilines is 1. The summed E-state index contributed by atoms with van der Waals surface area (Å²) in [6, 6.07) is 12.0. The van der Waals surface area contributed by atoms with Crippen molar-refractivity contribution in [2.24, 2.45) is 5.92 Å². The zero-order valence-corrected chi connectivity index (χ0v) is 11.3.